The van der Waals surface area contributed by atoms with E-state index >= 15 is 0 Å². The maximum absolute atomic E-state index is 12.3. The van der Waals surface area contributed by atoms with Crippen molar-refractivity contribution in [3.05, 3.63) is 39.9 Å². The maximum Gasteiger partial charge on any atom is 0.269 e. The van der Waals surface area contributed by atoms with Crippen molar-refractivity contribution in [3.63, 3.8) is 0 Å². The van der Waals surface area contributed by atoms with E-state index in [1.54, 1.807) is 13.1 Å². The topological polar surface area (TPSA) is 80.5 Å². The van der Waals surface area contributed by atoms with E-state index in [0.29, 0.717) is 5.56 Å². The second-order valence-corrected chi connectivity index (χ2v) is 7.17. The molecular formula is C13H18N2O4S. The van der Waals surface area contributed by atoms with E-state index in [1.807, 2.05) is 0 Å². The smallest absolute Gasteiger partial charge is 0.258 e. The van der Waals surface area contributed by atoms with E-state index in [4.69, 9.17) is 0 Å². The Labute approximate surface area is 118 Å². The molecule has 0 spiro atoms. The molecule has 0 heterocycles. The van der Waals surface area contributed by atoms with Gasteiger partial charge in [0.15, 0.2) is 0 Å². The fourth-order valence-electron chi connectivity index (χ4n) is 2.57. The van der Waals surface area contributed by atoms with Crippen molar-refractivity contribution in [2.75, 3.05) is 7.05 Å². The molecule has 1 saturated carbocycles. The van der Waals surface area contributed by atoms with Crippen molar-refractivity contribution in [2.45, 2.75) is 37.5 Å². The number of rotatable bonds is 5. The second-order valence-electron chi connectivity index (χ2n) is 5.14. The first-order chi connectivity index (χ1) is 9.40. The lowest BCUT2D eigenvalue weighted by atomic mass is 10.2. The zero-order valence-corrected chi connectivity index (χ0v) is 12.2. The van der Waals surface area contributed by atoms with Gasteiger partial charge in [0.2, 0.25) is 10.0 Å². The molecule has 1 aromatic rings. The van der Waals surface area contributed by atoms with E-state index < -0.39 is 14.9 Å². The standard InChI is InChI=1S/C13H18N2O4S/c1-14(12-6-2-3-7-12)20(18,19)10-11-5-4-8-13(9-11)15(16)17/h4-5,8-9,12H,2-3,6-7,10H2,1H3. The summed E-state index contributed by atoms with van der Waals surface area (Å²) in [6.07, 6.45) is 3.90. The minimum Gasteiger partial charge on any atom is -0.258 e. The van der Waals surface area contributed by atoms with Gasteiger partial charge in [-0.25, -0.2) is 12.7 Å². The molecule has 1 fully saturated rings. The Morgan fingerprint density at radius 1 is 1.35 bits per heavy atom. The van der Waals surface area contributed by atoms with E-state index in [1.165, 1.54) is 22.5 Å². The van der Waals surface area contributed by atoms with Gasteiger partial charge in [0.05, 0.1) is 10.7 Å². The predicted octanol–water partition coefficient (Wildman–Crippen LogP) is 2.30. The minimum atomic E-state index is -3.43. The van der Waals surface area contributed by atoms with Crippen molar-refractivity contribution in [2.24, 2.45) is 0 Å². The highest BCUT2D eigenvalue weighted by Crippen LogP contribution is 2.26. The van der Waals surface area contributed by atoms with Crippen LogP contribution in [-0.2, 0) is 15.8 Å². The summed E-state index contributed by atoms with van der Waals surface area (Å²) in [6, 6.07) is 5.86. The summed E-state index contributed by atoms with van der Waals surface area (Å²) in [5, 5.41) is 10.7. The van der Waals surface area contributed by atoms with Crippen LogP contribution in [0.1, 0.15) is 31.2 Å². The molecule has 2 rings (SSSR count). The van der Waals surface area contributed by atoms with Crippen LogP contribution in [0, 0.1) is 10.1 Å². The average molecular weight is 298 g/mol. The summed E-state index contributed by atoms with van der Waals surface area (Å²) < 4.78 is 26.1. The van der Waals surface area contributed by atoms with Crippen LogP contribution < -0.4 is 0 Å². The first-order valence-corrected chi connectivity index (χ1v) is 8.20. The summed E-state index contributed by atoms with van der Waals surface area (Å²) in [6.45, 7) is 0. The van der Waals surface area contributed by atoms with Crippen LogP contribution in [0.3, 0.4) is 0 Å². The summed E-state index contributed by atoms with van der Waals surface area (Å²) >= 11 is 0. The number of nitrogens with zero attached hydrogens (tertiary/aromatic N) is 2. The number of hydrogen-bond donors (Lipinski definition) is 0. The lowest BCUT2D eigenvalue weighted by Gasteiger charge is -2.23. The highest BCUT2D eigenvalue weighted by molar-refractivity contribution is 7.88. The highest BCUT2D eigenvalue weighted by atomic mass is 32.2. The third-order valence-corrected chi connectivity index (χ3v) is 5.62. The molecule has 0 unspecified atom stereocenters. The van der Waals surface area contributed by atoms with Crippen LogP contribution >= 0.6 is 0 Å². The molecule has 20 heavy (non-hydrogen) atoms. The van der Waals surface area contributed by atoms with Crippen molar-refractivity contribution in [3.8, 4) is 0 Å². The fourth-order valence-corrected chi connectivity index (χ4v) is 4.04. The zero-order chi connectivity index (χ0) is 14.8. The lowest BCUT2D eigenvalue weighted by molar-refractivity contribution is -0.384. The van der Waals surface area contributed by atoms with Crippen LogP contribution in [0.15, 0.2) is 24.3 Å². The summed E-state index contributed by atoms with van der Waals surface area (Å²) in [4.78, 5) is 10.2. The van der Waals surface area contributed by atoms with Crippen LogP contribution in [0.4, 0.5) is 5.69 Å². The largest absolute Gasteiger partial charge is 0.269 e. The van der Waals surface area contributed by atoms with E-state index in [-0.39, 0.29) is 17.5 Å². The molecule has 0 N–H and O–H groups in total. The van der Waals surface area contributed by atoms with E-state index in [0.717, 1.165) is 25.7 Å². The van der Waals surface area contributed by atoms with Crippen molar-refractivity contribution < 1.29 is 13.3 Å². The second kappa shape index (κ2) is 5.88. The Morgan fingerprint density at radius 2 is 2.00 bits per heavy atom. The van der Waals surface area contributed by atoms with Gasteiger partial charge in [0, 0.05) is 25.2 Å². The number of non-ortho nitro benzene ring substituents is 1. The minimum absolute atomic E-state index is 0.0682. The Kier molecular flexibility index (Phi) is 4.39. The van der Waals surface area contributed by atoms with Crippen molar-refractivity contribution >= 4 is 15.7 Å². The quantitative estimate of drug-likeness (QED) is 0.617. The Bertz CT molecular complexity index is 594. The molecule has 1 aliphatic carbocycles. The maximum atomic E-state index is 12.3. The van der Waals surface area contributed by atoms with Crippen LogP contribution in [0.25, 0.3) is 0 Å². The number of hydrogen-bond acceptors (Lipinski definition) is 4. The van der Waals surface area contributed by atoms with E-state index in [9.17, 15) is 18.5 Å². The Balaban J connectivity index is 2.15. The molecule has 0 bridgehead atoms. The molecule has 110 valence electrons. The summed E-state index contributed by atoms with van der Waals surface area (Å²) in [5.41, 5.74) is 0.366. The van der Waals surface area contributed by atoms with Gasteiger partial charge in [-0.1, -0.05) is 25.0 Å². The molecule has 0 radical (unpaired) electrons. The van der Waals surface area contributed by atoms with Crippen molar-refractivity contribution in [1.82, 2.24) is 4.31 Å². The molecule has 0 saturated heterocycles. The zero-order valence-electron chi connectivity index (χ0n) is 11.4. The van der Waals surface area contributed by atoms with E-state index in [2.05, 4.69) is 0 Å². The predicted molar refractivity (Wildman–Crippen MR) is 75.7 cm³/mol. The first-order valence-electron chi connectivity index (χ1n) is 6.59. The summed E-state index contributed by atoms with van der Waals surface area (Å²) in [5.74, 6) is -0.193. The third-order valence-electron chi connectivity index (χ3n) is 3.75. The molecule has 6 nitrogen and oxygen atoms in total. The highest BCUT2D eigenvalue weighted by Gasteiger charge is 2.28. The van der Waals surface area contributed by atoms with Gasteiger partial charge >= 0.3 is 0 Å². The van der Waals surface area contributed by atoms with Gasteiger partial charge in [-0.2, -0.15) is 0 Å². The van der Waals surface area contributed by atoms with Crippen LogP contribution in [0.5, 0.6) is 0 Å². The first kappa shape index (κ1) is 14.9. The number of benzene rings is 1. The lowest BCUT2D eigenvalue weighted by Crippen LogP contribution is -2.36. The number of nitro benzene ring substituents is 1. The molecule has 0 aromatic heterocycles. The molecule has 0 aliphatic heterocycles. The SMILES string of the molecule is CN(C1CCCC1)S(=O)(=O)Cc1cccc([N+](=O)[O-])c1. The molecule has 0 atom stereocenters. The molecular weight excluding hydrogens is 280 g/mol. The van der Waals surface area contributed by atoms with Gasteiger partial charge in [-0.05, 0) is 18.4 Å². The van der Waals surface area contributed by atoms with Crippen LogP contribution in [0.2, 0.25) is 0 Å². The molecule has 0 amide bonds. The fraction of sp³-hybridized carbons (Fsp3) is 0.538. The average Bonchev–Trinajstić information content (AvgIpc) is 2.91. The molecule has 1 aromatic carbocycles. The Morgan fingerprint density at radius 3 is 2.60 bits per heavy atom. The van der Waals surface area contributed by atoms with Gasteiger partial charge in [-0.3, -0.25) is 10.1 Å². The van der Waals surface area contributed by atoms with Gasteiger partial charge in [0.25, 0.3) is 5.69 Å². The monoisotopic (exact) mass is 298 g/mol. The van der Waals surface area contributed by atoms with Crippen LogP contribution in [-0.4, -0.2) is 30.7 Å². The van der Waals surface area contributed by atoms with Gasteiger partial charge < -0.3 is 0 Å². The normalized spacial score (nSPS) is 16.7. The third kappa shape index (κ3) is 3.34. The van der Waals surface area contributed by atoms with Gasteiger partial charge in [0.1, 0.15) is 0 Å². The molecule has 1 aliphatic rings. The molecule has 7 heteroatoms. The number of sulfonamides is 1. The Hall–Kier alpha value is -1.47. The van der Waals surface area contributed by atoms with Gasteiger partial charge in [-0.15, -0.1) is 0 Å². The van der Waals surface area contributed by atoms with Crippen molar-refractivity contribution in [1.29, 1.82) is 0 Å². The summed E-state index contributed by atoms with van der Waals surface area (Å²) in [7, 11) is -1.83. The number of nitro groups is 1.